The van der Waals surface area contributed by atoms with E-state index in [0.29, 0.717) is 19.1 Å². The second kappa shape index (κ2) is 4.60. The Morgan fingerprint density at radius 1 is 1.38 bits per heavy atom. The quantitative estimate of drug-likeness (QED) is 0.764. The standard InChI is InChI=1S/C10H21N3O2S/c1-3-11-16(14,15)13-8-10-5-4-6-12(10)7-9(13)2/h9-11H,3-8H2,1-2H3/t9-,10-/m0/s1. The van der Waals surface area contributed by atoms with E-state index in [4.69, 9.17) is 0 Å². The molecule has 0 aromatic rings. The lowest BCUT2D eigenvalue weighted by atomic mass is 10.1. The molecule has 0 aromatic carbocycles. The van der Waals surface area contributed by atoms with E-state index in [-0.39, 0.29) is 6.04 Å². The Labute approximate surface area is 98.0 Å². The number of nitrogens with one attached hydrogen (secondary N) is 1. The molecule has 0 spiro atoms. The molecule has 94 valence electrons. The van der Waals surface area contributed by atoms with Crippen LogP contribution >= 0.6 is 0 Å². The van der Waals surface area contributed by atoms with Gasteiger partial charge in [-0.05, 0) is 26.3 Å². The van der Waals surface area contributed by atoms with Gasteiger partial charge in [-0.25, -0.2) is 4.72 Å². The first kappa shape index (κ1) is 12.3. The zero-order valence-electron chi connectivity index (χ0n) is 10.0. The van der Waals surface area contributed by atoms with Gasteiger partial charge in [-0.1, -0.05) is 6.92 Å². The topological polar surface area (TPSA) is 52.7 Å². The van der Waals surface area contributed by atoms with E-state index in [9.17, 15) is 8.42 Å². The van der Waals surface area contributed by atoms with Gasteiger partial charge in [0.1, 0.15) is 0 Å². The maximum absolute atomic E-state index is 12.0. The Hall–Kier alpha value is -0.170. The molecule has 0 unspecified atom stereocenters. The summed E-state index contributed by atoms with van der Waals surface area (Å²) in [4.78, 5) is 2.42. The van der Waals surface area contributed by atoms with Crippen LogP contribution in [0.4, 0.5) is 0 Å². The Kier molecular flexibility index (Phi) is 3.53. The van der Waals surface area contributed by atoms with Crippen molar-refractivity contribution in [3.63, 3.8) is 0 Å². The van der Waals surface area contributed by atoms with Crippen molar-refractivity contribution in [2.75, 3.05) is 26.2 Å². The van der Waals surface area contributed by atoms with Gasteiger partial charge in [0.25, 0.3) is 10.2 Å². The Balaban J connectivity index is 2.10. The molecule has 2 saturated heterocycles. The van der Waals surface area contributed by atoms with Crippen molar-refractivity contribution >= 4 is 10.2 Å². The van der Waals surface area contributed by atoms with Crippen molar-refractivity contribution < 1.29 is 8.42 Å². The van der Waals surface area contributed by atoms with Gasteiger partial charge in [0.05, 0.1) is 0 Å². The van der Waals surface area contributed by atoms with Crippen LogP contribution in [0.1, 0.15) is 26.7 Å². The molecule has 0 bridgehead atoms. The second-order valence-corrected chi connectivity index (χ2v) is 6.42. The van der Waals surface area contributed by atoms with Crippen LogP contribution in [0.25, 0.3) is 0 Å². The lowest BCUT2D eigenvalue weighted by Gasteiger charge is -2.41. The van der Waals surface area contributed by atoms with Crippen molar-refractivity contribution in [1.82, 2.24) is 13.9 Å². The summed E-state index contributed by atoms with van der Waals surface area (Å²) in [6.45, 7) is 6.91. The summed E-state index contributed by atoms with van der Waals surface area (Å²) >= 11 is 0. The van der Waals surface area contributed by atoms with Crippen molar-refractivity contribution in [2.45, 2.75) is 38.8 Å². The van der Waals surface area contributed by atoms with Crippen molar-refractivity contribution in [3.05, 3.63) is 0 Å². The summed E-state index contributed by atoms with van der Waals surface area (Å²) in [5, 5.41) is 0. The van der Waals surface area contributed by atoms with Crippen molar-refractivity contribution in [2.24, 2.45) is 0 Å². The van der Waals surface area contributed by atoms with E-state index < -0.39 is 10.2 Å². The lowest BCUT2D eigenvalue weighted by molar-refractivity contribution is 0.116. The van der Waals surface area contributed by atoms with Gasteiger partial charge in [-0.2, -0.15) is 12.7 Å². The summed E-state index contributed by atoms with van der Waals surface area (Å²) in [5.74, 6) is 0. The van der Waals surface area contributed by atoms with Crippen LogP contribution in [0.3, 0.4) is 0 Å². The minimum absolute atomic E-state index is 0.0819. The van der Waals surface area contributed by atoms with Gasteiger partial charge in [0, 0.05) is 31.7 Å². The first-order valence-corrected chi connectivity index (χ1v) is 7.49. The molecule has 6 heteroatoms. The predicted octanol–water partition coefficient (Wildman–Crippen LogP) is 0.00920. The number of piperazine rings is 1. The average molecular weight is 247 g/mol. The van der Waals surface area contributed by atoms with Gasteiger partial charge in [-0.15, -0.1) is 0 Å². The first-order valence-electron chi connectivity index (χ1n) is 6.05. The molecular weight excluding hydrogens is 226 g/mol. The molecule has 0 radical (unpaired) electrons. The Morgan fingerprint density at radius 3 is 2.81 bits per heavy atom. The van der Waals surface area contributed by atoms with E-state index in [1.807, 2.05) is 13.8 Å². The summed E-state index contributed by atoms with van der Waals surface area (Å²) < 4.78 is 28.2. The maximum Gasteiger partial charge on any atom is 0.279 e. The highest BCUT2D eigenvalue weighted by Gasteiger charge is 2.39. The fourth-order valence-corrected chi connectivity index (χ4v) is 4.20. The zero-order valence-corrected chi connectivity index (χ0v) is 10.8. The highest BCUT2D eigenvalue weighted by Crippen LogP contribution is 2.25. The van der Waals surface area contributed by atoms with Gasteiger partial charge >= 0.3 is 0 Å². The first-order chi connectivity index (χ1) is 7.54. The fraction of sp³-hybridized carbons (Fsp3) is 1.00. The molecule has 2 atom stereocenters. The number of hydrogen-bond acceptors (Lipinski definition) is 3. The summed E-state index contributed by atoms with van der Waals surface area (Å²) in [5.41, 5.74) is 0. The largest absolute Gasteiger partial charge is 0.297 e. The molecule has 2 fully saturated rings. The van der Waals surface area contributed by atoms with Crippen LogP contribution in [0.5, 0.6) is 0 Å². The van der Waals surface area contributed by atoms with Crippen molar-refractivity contribution in [1.29, 1.82) is 0 Å². The predicted molar refractivity (Wildman–Crippen MR) is 63.4 cm³/mol. The van der Waals surface area contributed by atoms with Crippen LogP contribution in [0.15, 0.2) is 0 Å². The van der Waals surface area contributed by atoms with Crippen LogP contribution in [0.2, 0.25) is 0 Å². The molecule has 0 saturated carbocycles. The lowest BCUT2D eigenvalue weighted by Crippen LogP contribution is -2.58. The van der Waals surface area contributed by atoms with Crippen LogP contribution < -0.4 is 4.72 Å². The SMILES string of the molecule is CCNS(=O)(=O)N1C[C@@H]2CCCN2C[C@@H]1C. The van der Waals surface area contributed by atoms with Gasteiger partial charge < -0.3 is 0 Å². The Morgan fingerprint density at radius 2 is 2.12 bits per heavy atom. The van der Waals surface area contributed by atoms with E-state index in [1.165, 1.54) is 6.42 Å². The summed E-state index contributed by atoms with van der Waals surface area (Å²) in [7, 11) is -3.26. The number of hydrogen-bond donors (Lipinski definition) is 1. The molecule has 5 nitrogen and oxygen atoms in total. The molecule has 2 heterocycles. The number of fused-ring (bicyclic) bond motifs is 1. The van der Waals surface area contributed by atoms with Crippen LogP contribution in [-0.4, -0.2) is 55.9 Å². The smallest absolute Gasteiger partial charge is 0.279 e. The number of rotatable bonds is 3. The van der Waals surface area contributed by atoms with E-state index >= 15 is 0 Å². The molecule has 0 aromatic heterocycles. The normalized spacial score (nSPS) is 32.9. The fourth-order valence-electron chi connectivity index (χ4n) is 2.76. The molecule has 0 amide bonds. The van der Waals surface area contributed by atoms with E-state index in [0.717, 1.165) is 19.5 Å². The minimum Gasteiger partial charge on any atom is -0.297 e. The minimum atomic E-state index is -3.26. The molecule has 0 aliphatic carbocycles. The third-order valence-electron chi connectivity index (χ3n) is 3.52. The molecular formula is C10H21N3O2S. The third kappa shape index (κ3) is 2.25. The van der Waals surface area contributed by atoms with Gasteiger partial charge in [0.2, 0.25) is 0 Å². The van der Waals surface area contributed by atoms with Crippen LogP contribution in [-0.2, 0) is 10.2 Å². The molecule has 2 aliphatic rings. The average Bonchev–Trinajstić information content (AvgIpc) is 2.63. The molecule has 2 aliphatic heterocycles. The molecule has 1 N–H and O–H groups in total. The highest BCUT2D eigenvalue weighted by atomic mass is 32.2. The maximum atomic E-state index is 12.0. The zero-order chi connectivity index (χ0) is 11.8. The third-order valence-corrected chi connectivity index (χ3v) is 5.30. The molecule has 16 heavy (non-hydrogen) atoms. The van der Waals surface area contributed by atoms with Crippen LogP contribution in [0, 0.1) is 0 Å². The monoisotopic (exact) mass is 247 g/mol. The summed E-state index contributed by atoms with van der Waals surface area (Å²) in [6, 6.07) is 0.517. The van der Waals surface area contributed by atoms with Gasteiger partial charge in [-0.3, -0.25) is 4.90 Å². The van der Waals surface area contributed by atoms with Crippen molar-refractivity contribution in [3.8, 4) is 0 Å². The summed E-state index contributed by atoms with van der Waals surface area (Å²) in [6.07, 6.45) is 2.33. The highest BCUT2D eigenvalue weighted by molar-refractivity contribution is 7.87. The van der Waals surface area contributed by atoms with Gasteiger partial charge in [0.15, 0.2) is 0 Å². The Bertz CT molecular complexity index is 344. The van der Waals surface area contributed by atoms with E-state index in [1.54, 1.807) is 4.31 Å². The number of nitrogens with zero attached hydrogens (tertiary/aromatic N) is 2. The second-order valence-electron chi connectivity index (χ2n) is 4.71. The van der Waals surface area contributed by atoms with E-state index in [2.05, 4.69) is 9.62 Å². The molecule has 2 rings (SSSR count).